The van der Waals surface area contributed by atoms with Crippen molar-refractivity contribution < 1.29 is 0 Å². The average Bonchev–Trinajstić information content (AvgIpc) is 2.85. The Hall–Kier alpha value is -0.970. The molecule has 1 heterocycles. The van der Waals surface area contributed by atoms with Crippen LogP contribution in [0.25, 0.3) is 0 Å². The number of nitrogens with one attached hydrogen (secondary N) is 1. The molecular formula is C14H24N4S. The predicted octanol–water partition coefficient (Wildman–Crippen LogP) is 3.27. The number of hydrogen-bond acceptors (Lipinski definition) is 5. The zero-order valence-electron chi connectivity index (χ0n) is 12.1. The van der Waals surface area contributed by atoms with Gasteiger partial charge in [0.15, 0.2) is 0 Å². The van der Waals surface area contributed by atoms with Crippen molar-refractivity contribution in [1.29, 1.82) is 0 Å². The minimum atomic E-state index is 0.331. The summed E-state index contributed by atoms with van der Waals surface area (Å²) in [5.74, 6) is 1.83. The highest BCUT2D eigenvalue weighted by Gasteiger charge is 2.33. The smallest absolute Gasteiger partial charge is 0.135 e. The lowest BCUT2D eigenvalue weighted by Gasteiger charge is -2.28. The van der Waals surface area contributed by atoms with Crippen molar-refractivity contribution in [1.82, 2.24) is 9.97 Å². The fraction of sp³-hybridized carbons (Fsp3) is 0.714. The molecule has 0 aromatic carbocycles. The van der Waals surface area contributed by atoms with E-state index in [-0.39, 0.29) is 0 Å². The van der Waals surface area contributed by atoms with Crippen LogP contribution in [0.15, 0.2) is 6.33 Å². The van der Waals surface area contributed by atoms with Crippen LogP contribution in [0.5, 0.6) is 0 Å². The van der Waals surface area contributed by atoms with Crippen molar-refractivity contribution >= 4 is 23.4 Å². The fourth-order valence-corrected chi connectivity index (χ4v) is 3.75. The van der Waals surface area contributed by atoms with Crippen LogP contribution in [-0.2, 0) is 0 Å². The minimum Gasteiger partial charge on any atom is -0.383 e. The summed E-state index contributed by atoms with van der Waals surface area (Å²) in [6.07, 6.45) is 9.02. The number of nitrogens with zero attached hydrogens (tertiary/aromatic N) is 2. The van der Waals surface area contributed by atoms with Crippen LogP contribution in [0.2, 0.25) is 0 Å². The molecule has 0 radical (unpaired) electrons. The summed E-state index contributed by atoms with van der Waals surface area (Å²) >= 11 is 1.98. The lowest BCUT2D eigenvalue weighted by molar-refractivity contribution is 0.637. The van der Waals surface area contributed by atoms with Crippen molar-refractivity contribution in [2.24, 2.45) is 0 Å². The highest BCUT2D eigenvalue weighted by molar-refractivity contribution is 8.00. The predicted molar refractivity (Wildman–Crippen MR) is 83.7 cm³/mol. The van der Waals surface area contributed by atoms with Gasteiger partial charge in [-0.15, -0.1) is 0 Å². The third kappa shape index (κ3) is 3.14. The molecule has 0 atom stereocenters. The average molecular weight is 280 g/mol. The SMILES string of the molecule is CSC1(CNc2ncnc(N)c2C(C)C)CCCC1. The van der Waals surface area contributed by atoms with Gasteiger partial charge in [-0.1, -0.05) is 26.7 Å². The molecule has 1 saturated carbocycles. The zero-order valence-corrected chi connectivity index (χ0v) is 12.9. The molecule has 0 aliphatic heterocycles. The molecule has 4 nitrogen and oxygen atoms in total. The van der Waals surface area contributed by atoms with Gasteiger partial charge in [0.1, 0.15) is 18.0 Å². The van der Waals surface area contributed by atoms with Gasteiger partial charge < -0.3 is 11.1 Å². The van der Waals surface area contributed by atoms with Gasteiger partial charge in [0.05, 0.1) is 0 Å². The first kappa shape index (κ1) is 14.4. The standard InChI is InChI=1S/C14H24N4S/c1-10(2)11-12(15)17-9-18-13(11)16-8-14(19-3)6-4-5-7-14/h9-10H,4-8H2,1-3H3,(H3,15,16,17,18). The third-order valence-corrected chi connectivity index (χ3v) is 5.44. The van der Waals surface area contributed by atoms with Crippen molar-refractivity contribution in [3.05, 3.63) is 11.9 Å². The Bertz CT molecular complexity index is 427. The van der Waals surface area contributed by atoms with E-state index >= 15 is 0 Å². The molecule has 0 unspecified atom stereocenters. The van der Waals surface area contributed by atoms with Crippen LogP contribution in [0.4, 0.5) is 11.6 Å². The molecule has 1 fully saturated rings. The van der Waals surface area contributed by atoms with E-state index < -0.39 is 0 Å². The van der Waals surface area contributed by atoms with Gasteiger partial charge in [0.25, 0.3) is 0 Å². The number of rotatable bonds is 5. The second kappa shape index (κ2) is 5.99. The highest BCUT2D eigenvalue weighted by atomic mass is 32.2. The van der Waals surface area contributed by atoms with Crippen molar-refractivity contribution in [2.45, 2.75) is 50.2 Å². The Morgan fingerprint density at radius 3 is 2.63 bits per heavy atom. The molecule has 1 aromatic rings. The van der Waals surface area contributed by atoms with Crippen LogP contribution in [0.3, 0.4) is 0 Å². The lowest BCUT2D eigenvalue weighted by atomic mass is 10.0. The van der Waals surface area contributed by atoms with Crippen LogP contribution in [0.1, 0.15) is 51.0 Å². The molecule has 0 amide bonds. The van der Waals surface area contributed by atoms with Crippen LogP contribution < -0.4 is 11.1 Å². The molecule has 2 rings (SSSR count). The first-order valence-corrected chi connectivity index (χ1v) is 8.20. The lowest BCUT2D eigenvalue weighted by Crippen LogP contribution is -2.30. The van der Waals surface area contributed by atoms with Crippen LogP contribution in [-0.4, -0.2) is 27.5 Å². The summed E-state index contributed by atoms with van der Waals surface area (Å²) < 4.78 is 0.369. The highest BCUT2D eigenvalue weighted by Crippen LogP contribution is 2.40. The summed E-state index contributed by atoms with van der Waals surface area (Å²) in [5.41, 5.74) is 7.01. The molecule has 0 bridgehead atoms. The first-order valence-electron chi connectivity index (χ1n) is 6.97. The van der Waals surface area contributed by atoms with E-state index in [0.29, 0.717) is 16.5 Å². The van der Waals surface area contributed by atoms with Gasteiger partial charge in [0, 0.05) is 16.9 Å². The van der Waals surface area contributed by atoms with E-state index in [2.05, 4.69) is 35.4 Å². The second-order valence-electron chi connectivity index (χ2n) is 5.62. The fourth-order valence-electron chi connectivity index (χ4n) is 2.84. The van der Waals surface area contributed by atoms with E-state index in [0.717, 1.165) is 17.9 Å². The maximum absolute atomic E-state index is 5.98. The molecule has 0 saturated heterocycles. The topological polar surface area (TPSA) is 63.8 Å². The Balaban J connectivity index is 2.13. The summed E-state index contributed by atoms with van der Waals surface area (Å²) in [6, 6.07) is 0. The van der Waals surface area contributed by atoms with Gasteiger partial charge in [-0.3, -0.25) is 0 Å². The Labute approximate surface area is 120 Å². The number of hydrogen-bond donors (Lipinski definition) is 2. The molecule has 1 aliphatic carbocycles. The van der Waals surface area contributed by atoms with Gasteiger partial charge in [-0.05, 0) is 25.0 Å². The maximum atomic E-state index is 5.98. The molecule has 1 aliphatic rings. The second-order valence-corrected chi connectivity index (χ2v) is 6.90. The van der Waals surface area contributed by atoms with Crippen molar-refractivity contribution in [2.75, 3.05) is 23.9 Å². The summed E-state index contributed by atoms with van der Waals surface area (Å²) in [5, 5.41) is 3.52. The van der Waals surface area contributed by atoms with Gasteiger partial charge in [0.2, 0.25) is 0 Å². The maximum Gasteiger partial charge on any atom is 0.135 e. The van der Waals surface area contributed by atoms with E-state index in [9.17, 15) is 0 Å². The van der Waals surface area contributed by atoms with Gasteiger partial charge in [-0.25, -0.2) is 9.97 Å². The monoisotopic (exact) mass is 280 g/mol. The number of nitrogens with two attached hydrogens (primary N) is 1. The van der Waals surface area contributed by atoms with Crippen LogP contribution >= 0.6 is 11.8 Å². The van der Waals surface area contributed by atoms with Gasteiger partial charge >= 0.3 is 0 Å². The van der Waals surface area contributed by atoms with Crippen LogP contribution in [0, 0.1) is 0 Å². The third-order valence-electron chi connectivity index (χ3n) is 4.02. The van der Waals surface area contributed by atoms with E-state index in [1.54, 1.807) is 6.33 Å². The molecule has 19 heavy (non-hydrogen) atoms. The first-order chi connectivity index (χ1) is 9.08. The normalized spacial score (nSPS) is 17.9. The van der Waals surface area contributed by atoms with E-state index in [4.69, 9.17) is 5.73 Å². The number of anilines is 2. The van der Waals surface area contributed by atoms with Gasteiger partial charge in [-0.2, -0.15) is 11.8 Å². The number of thioether (sulfide) groups is 1. The van der Waals surface area contributed by atoms with Crippen molar-refractivity contribution in [3.8, 4) is 0 Å². The summed E-state index contributed by atoms with van der Waals surface area (Å²) in [7, 11) is 0. The molecule has 1 aromatic heterocycles. The molecule has 106 valence electrons. The summed E-state index contributed by atoms with van der Waals surface area (Å²) in [6.45, 7) is 5.21. The number of nitrogen functional groups attached to an aromatic ring is 1. The van der Waals surface area contributed by atoms with Crippen molar-refractivity contribution in [3.63, 3.8) is 0 Å². The summed E-state index contributed by atoms with van der Waals surface area (Å²) in [4.78, 5) is 8.48. The van der Waals surface area contributed by atoms with E-state index in [1.165, 1.54) is 25.7 Å². The molecular weight excluding hydrogens is 256 g/mol. The Morgan fingerprint density at radius 2 is 2.05 bits per heavy atom. The number of aromatic nitrogens is 2. The quantitative estimate of drug-likeness (QED) is 0.866. The zero-order chi connectivity index (χ0) is 13.9. The molecule has 5 heteroatoms. The minimum absolute atomic E-state index is 0.331. The molecule has 0 spiro atoms. The Morgan fingerprint density at radius 1 is 1.37 bits per heavy atom. The largest absolute Gasteiger partial charge is 0.383 e. The Kier molecular flexibility index (Phi) is 4.55. The van der Waals surface area contributed by atoms with E-state index in [1.807, 2.05) is 11.8 Å². The molecule has 3 N–H and O–H groups in total.